The summed E-state index contributed by atoms with van der Waals surface area (Å²) in [5.74, 6) is -1.40. The van der Waals surface area contributed by atoms with Crippen LogP contribution in [0.1, 0.15) is 24.0 Å². The van der Waals surface area contributed by atoms with Crippen LogP contribution in [0.15, 0.2) is 60.7 Å². The highest BCUT2D eigenvalue weighted by molar-refractivity contribution is 5.91. The van der Waals surface area contributed by atoms with E-state index >= 15 is 0 Å². The van der Waals surface area contributed by atoms with Gasteiger partial charge in [-0.15, -0.1) is 0 Å². The van der Waals surface area contributed by atoms with Crippen LogP contribution in [0.5, 0.6) is 0 Å². The van der Waals surface area contributed by atoms with E-state index in [1.54, 1.807) is 4.90 Å². The topological polar surface area (TPSA) is 113 Å². The number of carbonyl (C=O) groups excluding carboxylic acids is 3. The fourth-order valence-corrected chi connectivity index (χ4v) is 3.57. The third kappa shape index (κ3) is 5.20. The SMILES string of the molecule is NC(=O)C(O)C(Cc1ccccc1)NC(=O)C1CCC(=O)N1Cc1ccccc1. The Morgan fingerprint density at radius 2 is 1.66 bits per heavy atom. The van der Waals surface area contributed by atoms with Gasteiger partial charge >= 0.3 is 0 Å². The van der Waals surface area contributed by atoms with E-state index in [2.05, 4.69) is 5.32 Å². The third-order valence-corrected chi connectivity index (χ3v) is 5.13. The number of hydrogen-bond acceptors (Lipinski definition) is 4. The van der Waals surface area contributed by atoms with Crippen molar-refractivity contribution < 1.29 is 19.5 Å². The molecule has 0 radical (unpaired) electrons. The molecule has 2 aromatic rings. The molecule has 2 aromatic carbocycles. The molecule has 0 saturated carbocycles. The lowest BCUT2D eigenvalue weighted by molar-refractivity contribution is -0.137. The van der Waals surface area contributed by atoms with Crippen molar-refractivity contribution in [2.75, 3.05) is 0 Å². The molecule has 4 N–H and O–H groups in total. The van der Waals surface area contributed by atoms with E-state index in [0.29, 0.717) is 13.0 Å². The molecule has 0 spiro atoms. The molecule has 1 aliphatic heterocycles. The number of rotatable bonds is 8. The lowest BCUT2D eigenvalue weighted by atomic mass is 10.00. The summed E-state index contributed by atoms with van der Waals surface area (Å²) in [5, 5.41) is 13.0. The zero-order valence-corrected chi connectivity index (χ0v) is 16.0. The van der Waals surface area contributed by atoms with Gasteiger partial charge in [0.2, 0.25) is 17.7 Å². The van der Waals surface area contributed by atoms with Crippen LogP contribution in [0.4, 0.5) is 0 Å². The monoisotopic (exact) mass is 395 g/mol. The van der Waals surface area contributed by atoms with Crippen molar-refractivity contribution in [3.63, 3.8) is 0 Å². The number of hydrogen-bond donors (Lipinski definition) is 3. The molecule has 3 unspecified atom stereocenters. The predicted octanol–water partition coefficient (Wildman–Crippen LogP) is 0.751. The van der Waals surface area contributed by atoms with Gasteiger partial charge in [-0.2, -0.15) is 0 Å². The Bertz CT molecular complexity index is 857. The number of amides is 3. The zero-order chi connectivity index (χ0) is 20.8. The molecule has 3 amide bonds. The lowest BCUT2D eigenvalue weighted by Gasteiger charge is -2.28. The number of likely N-dealkylation sites (tertiary alicyclic amines) is 1. The first-order chi connectivity index (χ1) is 14.0. The summed E-state index contributed by atoms with van der Waals surface area (Å²) in [6.07, 6.45) is -0.607. The molecule has 7 nitrogen and oxygen atoms in total. The van der Waals surface area contributed by atoms with Gasteiger partial charge in [0.1, 0.15) is 6.04 Å². The van der Waals surface area contributed by atoms with Gasteiger partial charge in [-0.05, 0) is 24.0 Å². The Balaban J connectivity index is 1.73. The Kier molecular flexibility index (Phi) is 6.61. The standard InChI is InChI=1S/C22H25N3O4/c23-21(28)20(27)17(13-15-7-3-1-4-8-15)24-22(29)18-11-12-19(26)25(18)14-16-9-5-2-6-10-16/h1-10,17-18,20,27H,11-14H2,(H2,23,28)(H,24,29). The molecule has 1 aliphatic rings. The van der Waals surface area contributed by atoms with Gasteiger partial charge in [0, 0.05) is 13.0 Å². The van der Waals surface area contributed by atoms with Crippen LogP contribution in [0.2, 0.25) is 0 Å². The van der Waals surface area contributed by atoms with Crippen LogP contribution in [0.25, 0.3) is 0 Å². The number of nitrogens with zero attached hydrogens (tertiary/aromatic N) is 1. The summed E-state index contributed by atoms with van der Waals surface area (Å²) in [6.45, 7) is 0.333. The van der Waals surface area contributed by atoms with Crippen LogP contribution in [-0.4, -0.2) is 45.9 Å². The fourth-order valence-electron chi connectivity index (χ4n) is 3.57. The summed E-state index contributed by atoms with van der Waals surface area (Å²) >= 11 is 0. The largest absolute Gasteiger partial charge is 0.381 e. The first-order valence-corrected chi connectivity index (χ1v) is 9.61. The molecule has 1 fully saturated rings. The van der Waals surface area contributed by atoms with Crippen LogP contribution in [0.3, 0.4) is 0 Å². The molecule has 152 valence electrons. The number of benzene rings is 2. The van der Waals surface area contributed by atoms with Crippen molar-refractivity contribution in [1.82, 2.24) is 10.2 Å². The molecule has 1 heterocycles. The van der Waals surface area contributed by atoms with Crippen LogP contribution in [0, 0.1) is 0 Å². The molecule has 29 heavy (non-hydrogen) atoms. The van der Waals surface area contributed by atoms with Crippen molar-refractivity contribution in [3.05, 3.63) is 71.8 Å². The van der Waals surface area contributed by atoms with Crippen molar-refractivity contribution in [3.8, 4) is 0 Å². The van der Waals surface area contributed by atoms with E-state index in [-0.39, 0.29) is 18.7 Å². The van der Waals surface area contributed by atoms with Gasteiger partial charge in [-0.25, -0.2) is 0 Å². The number of nitrogens with one attached hydrogen (secondary N) is 1. The molecule has 3 atom stereocenters. The van der Waals surface area contributed by atoms with E-state index < -0.39 is 30.0 Å². The second kappa shape index (κ2) is 9.34. The number of aliphatic hydroxyl groups excluding tert-OH is 1. The molecule has 3 rings (SSSR count). The van der Waals surface area contributed by atoms with E-state index in [0.717, 1.165) is 11.1 Å². The number of carbonyl (C=O) groups is 3. The molecular weight excluding hydrogens is 370 g/mol. The highest BCUT2D eigenvalue weighted by atomic mass is 16.3. The first kappa shape index (κ1) is 20.5. The second-order valence-corrected chi connectivity index (χ2v) is 7.21. The summed E-state index contributed by atoms with van der Waals surface area (Å²) < 4.78 is 0. The van der Waals surface area contributed by atoms with E-state index in [1.807, 2.05) is 60.7 Å². The average molecular weight is 395 g/mol. The molecule has 0 aliphatic carbocycles. The summed E-state index contributed by atoms with van der Waals surface area (Å²) in [4.78, 5) is 38.4. The Hall–Kier alpha value is -3.19. The van der Waals surface area contributed by atoms with Gasteiger partial charge < -0.3 is 21.1 Å². The van der Waals surface area contributed by atoms with Crippen LogP contribution >= 0.6 is 0 Å². The smallest absolute Gasteiger partial charge is 0.248 e. The quantitative estimate of drug-likeness (QED) is 0.612. The second-order valence-electron chi connectivity index (χ2n) is 7.21. The van der Waals surface area contributed by atoms with E-state index in [9.17, 15) is 19.5 Å². The van der Waals surface area contributed by atoms with Gasteiger partial charge in [-0.1, -0.05) is 60.7 Å². The molecule has 1 saturated heterocycles. The highest BCUT2D eigenvalue weighted by Gasteiger charge is 2.38. The fraction of sp³-hybridized carbons (Fsp3) is 0.318. The Morgan fingerprint density at radius 3 is 2.24 bits per heavy atom. The Labute approximate surface area is 169 Å². The van der Waals surface area contributed by atoms with Gasteiger partial charge in [0.15, 0.2) is 6.10 Å². The number of nitrogens with two attached hydrogens (primary N) is 1. The van der Waals surface area contributed by atoms with Gasteiger partial charge in [0.05, 0.1) is 6.04 Å². The van der Waals surface area contributed by atoms with Crippen molar-refractivity contribution in [1.29, 1.82) is 0 Å². The molecular formula is C22H25N3O4. The normalized spacial score (nSPS) is 18.3. The van der Waals surface area contributed by atoms with E-state index in [4.69, 9.17) is 5.73 Å². The predicted molar refractivity (Wildman–Crippen MR) is 107 cm³/mol. The number of aliphatic hydroxyl groups is 1. The molecule has 7 heteroatoms. The average Bonchev–Trinajstić information content (AvgIpc) is 3.08. The number of primary amides is 1. The van der Waals surface area contributed by atoms with Gasteiger partial charge in [-0.3, -0.25) is 14.4 Å². The van der Waals surface area contributed by atoms with Crippen LogP contribution in [-0.2, 0) is 27.3 Å². The maximum absolute atomic E-state index is 13.0. The summed E-state index contributed by atoms with van der Waals surface area (Å²) in [7, 11) is 0. The minimum Gasteiger partial charge on any atom is -0.381 e. The highest BCUT2D eigenvalue weighted by Crippen LogP contribution is 2.22. The first-order valence-electron chi connectivity index (χ1n) is 9.61. The maximum atomic E-state index is 13.0. The molecule has 0 aromatic heterocycles. The molecule has 0 bridgehead atoms. The zero-order valence-electron chi connectivity index (χ0n) is 16.0. The Morgan fingerprint density at radius 1 is 1.07 bits per heavy atom. The van der Waals surface area contributed by atoms with Crippen LogP contribution < -0.4 is 11.1 Å². The summed E-state index contributed by atoms with van der Waals surface area (Å²) in [6, 6.07) is 17.1. The van der Waals surface area contributed by atoms with Gasteiger partial charge in [0.25, 0.3) is 0 Å². The maximum Gasteiger partial charge on any atom is 0.248 e. The minimum absolute atomic E-state index is 0.0935. The van der Waals surface area contributed by atoms with E-state index in [1.165, 1.54) is 0 Å². The van der Waals surface area contributed by atoms with Crippen molar-refractivity contribution >= 4 is 17.7 Å². The minimum atomic E-state index is -1.53. The summed E-state index contributed by atoms with van der Waals surface area (Å²) in [5.41, 5.74) is 7.04. The third-order valence-electron chi connectivity index (χ3n) is 5.13. The van der Waals surface area contributed by atoms with Crippen molar-refractivity contribution in [2.45, 2.75) is 44.0 Å². The lowest BCUT2D eigenvalue weighted by Crippen LogP contribution is -2.54. The van der Waals surface area contributed by atoms with Crippen molar-refractivity contribution in [2.24, 2.45) is 5.73 Å².